The topological polar surface area (TPSA) is 79.3 Å². The first kappa shape index (κ1) is 26.9. The molecule has 4 rings (SSSR count). The fraction of sp³-hybridized carbons (Fsp3) is 0.290. The van der Waals surface area contributed by atoms with Crippen molar-refractivity contribution in [2.75, 3.05) is 34.3 Å². The summed E-state index contributed by atoms with van der Waals surface area (Å²) < 4.78 is 11.3. The number of carbonyl (C=O) groups is 2. The number of ketones is 1. The summed E-state index contributed by atoms with van der Waals surface area (Å²) in [5, 5.41) is 11.3. The van der Waals surface area contributed by atoms with E-state index in [0.717, 1.165) is 17.7 Å². The fourth-order valence-electron chi connectivity index (χ4n) is 4.62. The van der Waals surface area contributed by atoms with E-state index in [2.05, 4.69) is 0 Å². The predicted octanol–water partition coefficient (Wildman–Crippen LogP) is 4.96. The molecule has 0 saturated carbocycles. The number of likely N-dealkylation sites (tertiary alicyclic amines) is 1. The van der Waals surface area contributed by atoms with Gasteiger partial charge in [-0.25, -0.2) is 0 Å². The summed E-state index contributed by atoms with van der Waals surface area (Å²) in [5.41, 5.74) is 3.45. The van der Waals surface area contributed by atoms with E-state index in [1.165, 1.54) is 0 Å². The third-order valence-corrected chi connectivity index (χ3v) is 6.74. The molecule has 7 heteroatoms. The van der Waals surface area contributed by atoms with E-state index in [-0.39, 0.29) is 11.3 Å². The molecule has 1 atom stereocenters. The number of aliphatic hydroxyl groups excluding tert-OH is 1. The Morgan fingerprint density at radius 3 is 2.39 bits per heavy atom. The van der Waals surface area contributed by atoms with Gasteiger partial charge in [0.05, 0.1) is 18.7 Å². The Balaban J connectivity index is 1.65. The van der Waals surface area contributed by atoms with Crippen LogP contribution in [0, 0.1) is 6.92 Å². The van der Waals surface area contributed by atoms with Gasteiger partial charge >= 0.3 is 0 Å². The highest BCUT2D eigenvalue weighted by atomic mass is 16.5. The van der Waals surface area contributed by atoms with E-state index in [0.29, 0.717) is 42.2 Å². The zero-order valence-corrected chi connectivity index (χ0v) is 22.3. The molecule has 0 aromatic heterocycles. The zero-order valence-electron chi connectivity index (χ0n) is 22.3. The molecule has 1 aliphatic heterocycles. The molecule has 1 saturated heterocycles. The maximum atomic E-state index is 13.2. The minimum Gasteiger partial charge on any atom is -0.507 e. The Hall–Kier alpha value is -4.10. The largest absolute Gasteiger partial charge is 0.507 e. The molecule has 1 heterocycles. The van der Waals surface area contributed by atoms with Gasteiger partial charge in [0.25, 0.3) is 11.7 Å². The number of benzene rings is 3. The van der Waals surface area contributed by atoms with Crippen molar-refractivity contribution in [3.8, 4) is 11.5 Å². The smallest absolute Gasteiger partial charge is 0.295 e. The molecule has 3 aromatic carbocycles. The third-order valence-electron chi connectivity index (χ3n) is 6.74. The lowest BCUT2D eigenvalue weighted by Gasteiger charge is -2.26. The molecule has 0 spiro atoms. The number of aryl methyl sites for hydroxylation is 1. The van der Waals surface area contributed by atoms with E-state index in [1.54, 1.807) is 48.4 Å². The van der Waals surface area contributed by atoms with Gasteiger partial charge < -0.3 is 24.4 Å². The number of carbonyl (C=O) groups excluding carboxylic acids is 2. The van der Waals surface area contributed by atoms with Crippen LogP contribution in [0.15, 0.2) is 78.4 Å². The number of ether oxygens (including phenoxy) is 2. The second-order valence-electron chi connectivity index (χ2n) is 9.67. The summed E-state index contributed by atoms with van der Waals surface area (Å²) in [7, 11) is 5.49. The van der Waals surface area contributed by atoms with E-state index < -0.39 is 17.7 Å². The number of Topliss-reactive ketones (excluding diaryl/α,β-unsaturated/α-hetero) is 1. The molecule has 0 radical (unpaired) electrons. The van der Waals surface area contributed by atoms with Crippen LogP contribution >= 0.6 is 0 Å². The van der Waals surface area contributed by atoms with Crippen molar-refractivity contribution in [2.45, 2.75) is 26.0 Å². The average Bonchev–Trinajstić information content (AvgIpc) is 3.17. The van der Waals surface area contributed by atoms with Crippen LogP contribution in [0.4, 0.5) is 0 Å². The predicted molar refractivity (Wildman–Crippen MR) is 147 cm³/mol. The molecule has 38 heavy (non-hydrogen) atoms. The van der Waals surface area contributed by atoms with Gasteiger partial charge in [-0.15, -0.1) is 0 Å². The van der Waals surface area contributed by atoms with Crippen molar-refractivity contribution in [2.24, 2.45) is 0 Å². The van der Waals surface area contributed by atoms with Gasteiger partial charge in [-0.3, -0.25) is 9.59 Å². The molecular weight excluding hydrogens is 480 g/mol. The quantitative estimate of drug-likeness (QED) is 0.234. The zero-order chi connectivity index (χ0) is 27.2. The Bertz CT molecular complexity index is 1330. The molecule has 0 unspecified atom stereocenters. The molecule has 1 amide bonds. The highest BCUT2D eigenvalue weighted by Crippen LogP contribution is 2.40. The maximum Gasteiger partial charge on any atom is 0.295 e. The van der Waals surface area contributed by atoms with Crippen LogP contribution in [0.2, 0.25) is 0 Å². The van der Waals surface area contributed by atoms with Gasteiger partial charge in [0.1, 0.15) is 23.9 Å². The summed E-state index contributed by atoms with van der Waals surface area (Å²) in [6, 6.07) is 21.5. The molecule has 0 aliphatic carbocycles. The van der Waals surface area contributed by atoms with Crippen LogP contribution in [0.3, 0.4) is 0 Å². The summed E-state index contributed by atoms with van der Waals surface area (Å²) in [5.74, 6) is -0.275. The van der Waals surface area contributed by atoms with Crippen LogP contribution in [0.1, 0.15) is 34.7 Å². The van der Waals surface area contributed by atoms with Gasteiger partial charge in [0.2, 0.25) is 0 Å². The molecule has 1 N–H and O–H groups in total. The van der Waals surface area contributed by atoms with Gasteiger partial charge in [-0.1, -0.05) is 36.4 Å². The highest BCUT2D eigenvalue weighted by Gasteiger charge is 2.45. The van der Waals surface area contributed by atoms with Gasteiger partial charge in [0.15, 0.2) is 0 Å². The van der Waals surface area contributed by atoms with Gasteiger partial charge in [0, 0.05) is 12.1 Å². The maximum absolute atomic E-state index is 13.2. The normalized spacial score (nSPS) is 16.8. The number of methoxy groups -OCH3 is 1. The minimum atomic E-state index is -0.718. The second-order valence-corrected chi connectivity index (χ2v) is 9.67. The van der Waals surface area contributed by atoms with Crippen molar-refractivity contribution in [1.29, 1.82) is 0 Å². The molecule has 7 nitrogen and oxygen atoms in total. The number of rotatable bonds is 10. The van der Waals surface area contributed by atoms with E-state index in [1.807, 2.05) is 62.3 Å². The molecular formula is C31H34N2O5. The first-order valence-electron chi connectivity index (χ1n) is 12.6. The van der Waals surface area contributed by atoms with Crippen LogP contribution in [0.25, 0.3) is 5.76 Å². The molecule has 198 valence electrons. The standard InChI is InChI=1S/C31H34N2O5/c1-21-9-5-6-10-24(21)20-38-25-15-13-22(14-16-25)29(34)27-28(23-11-7-12-26(19-23)37-4)33(31(36)30(27)35)18-8-17-32(2)3/h5-7,9-16,19,28,34H,8,17-18,20H2,1-4H3/t28-/m1/s1. The monoisotopic (exact) mass is 514 g/mol. The van der Waals surface area contributed by atoms with E-state index in [4.69, 9.17) is 9.47 Å². The minimum absolute atomic E-state index is 0.0710. The molecule has 1 fully saturated rings. The number of nitrogens with zero attached hydrogens (tertiary/aromatic N) is 2. The van der Waals surface area contributed by atoms with Gasteiger partial charge in [-0.05, 0) is 87.1 Å². The van der Waals surface area contributed by atoms with Crippen molar-refractivity contribution >= 4 is 17.4 Å². The lowest BCUT2D eigenvalue weighted by atomic mass is 9.95. The lowest BCUT2D eigenvalue weighted by molar-refractivity contribution is -0.139. The molecule has 0 bridgehead atoms. The Labute approximate surface area is 223 Å². The van der Waals surface area contributed by atoms with E-state index in [9.17, 15) is 14.7 Å². The Kier molecular flexibility index (Phi) is 8.48. The summed E-state index contributed by atoms with van der Waals surface area (Å²) >= 11 is 0. The van der Waals surface area contributed by atoms with Crippen LogP contribution in [0.5, 0.6) is 11.5 Å². The fourth-order valence-corrected chi connectivity index (χ4v) is 4.62. The Morgan fingerprint density at radius 2 is 1.71 bits per heavy atom. The van der Waals surface area contributed by atoms with E-state index >= 15 is 0 Å². The third kappa shape index (κ3) is 5.89. The SMILES string of the molecule is COc1cccc([C@@H]2C(=C(O)c3ccc(OCc4ccccc4C)cc3)C(=O)C(=O)N2CCCN(C)C)c1. The summed E-state index contributed by atoms with van der Waals surface area (Å²) in [6.45, 7) is 3.60. The van der Waals surface area contributed by atoms with Crippen molar-refractivity contribution in [3.63, 3.8) is 0 Å². The summed E-state index contributed by atoms with van der Waals surface area (Å²) in [6.07, 6.45) is 0.688. The van der Waals surface area contributed by atoms with Crippen molar-refractivity contribution in [1.82, 2.24) is 9.80 Å². The number of hydrogen-bond donors (Lipinski definition) is 1. The number of amides is 1. The van der Waals surface area contributed by atoms with Crippen molar-refractivity contribution in [3.05, 3.63) is 101 Å². The van der Waals surface area contributed by atoms with Gasteiger partial charge in [-0.2, -0.15) is 0 Å². The Morgan fingerprint density at radius 1 is 0.974 bits per heavy atom. The molecule has 3 aromatic rings. The summed E-state index contributed by atoms with van der Waals surface area (Å²) in [4.78, 5) is 30.0. The van der Waals surface area contributed by atoms with Crippen LogP contribution in [-0.4, -0.2) is 60.9 Å². The number of hydrogen-bond acceptors (Lipinski definition) is 6. The van der Waals surface area contributed by atoms with Crippen LogP contribution < -0.4 is 9.47 Å². The molecule has 1 aliphatic rings. The van der Waals surface area contributed by atoms with Crippen LogP contribution in [-0.2, 0) is 16.2 Å². The first-order valence-corrected chi connectivity index (χ1v) is 12.6. The second kappa shape index (κ2) is 12.0. The average molecular weight is 515 g/mol. The first-order chi connectivity index (χ1) is 18.3. The highest BCUT2D eigenvalue weighted by molar-refractivity contribution is 6.46. The van der Waals surface area contributed by atoms with Crippen molar-refractivity contribution < 1.29 is 24.2 Å². The number of aliphatic hydroxyl groups is 1. The lowest BCUT2D eigenvalue weighted by Crippen LogP contribution is -2.32.